The predicted octanol–water partition coefficient (Wildman–Crippen LogP) is 5.45. The van der Waals surface area contributed by atoms with Gasteiger partial charge < -0.3 is 19.5 Å². The Morgan fingerprint density at radius 1 is 0.971 bits per heavy atom. The summed E-state index contributed by atoms with van der Waals surface area (Å²) in [5.41, 5.74) is 6.89. The van der Waals surface area contributed by atoms with Crippen LogP contribution in [0.5, 0.6) is 0 Å². The van der Waals surface area contributed by atoms with Crippen LogP contribution < -0.4 is 10.2 Å². The molecule has 0 amide bonds. The molecule has 0 radical (unpaired) electrons. The molecule has 0 bridgehead atoms. The molecular weight excluding hydrogens is 456 g/mol. The number of carbonyl (C=O) groups excluding carboxylic acids is 1. The molecule has 2 atom stereocenters. The van der Waals surface area contributed by atoms with Crippen LogP contribution in [0, 0.1) is 13.8 Å². The number of nitrogens with zero attached hydrogens (tertiary/aromatic N) is 3. The van der Waals surface area contributed by atoms with Gasteiger partial charge in [-0.25, -0.2) is 4.79 Å². The normalized spacial score (nSPS) is 17.3. The fourth-order valence-electron chi connectivity index (χ4n) is 4.56. The Labute approximate surface area is 210 Å². The maximum Gasteiger partial charge on any atom is 0.337 e. The monoisotopic (exact) mass is 482 g/mol. The SMILES string of the molecule is COC(=O)c1ccc(-n2cccc2[C@H]2[C@@H](c3ccccn3)NC(=S)N2c2ccc(C)c(C)c2)cc1. The van der Waals surface area contributed by atoms with Gasteiger partial charge >= 0.3 is 5.97 Å². The summed E-state index contributed by atoms with van der Waals surface area (Å²) in [6, 6.07) is 23.6. The number of methoxy groups -OCH3 is 1. The van der Waals surface area contributed by atoms with E-state index in [-0.39, 0.29) is 18.1 Å². The first-order chi connectivity index (χ1) is 17.0. The van der Waals surface area contributed by atoms with Crippen LogP contribution in [0.1, 0.15) is 45.0 Å². The number of benzene rings is 2. The predicted molar refractivity (Wildman–Crippen MR) is 141 cm³/mol. The molecule has 4 aromatic rings. The van der Waals surface area contributed by atoms with Crippen molar-refractivity contribution in [1.82, 2.24) is 14.9 Å². The van der Waals surface area contributed by atoms with Gasteiger partial charge in [-0.2, -0.15) is 0 Å². The molecule has 1 aliphatic heterocycles. The molecule has 0 aliphatic carbocycles. The topological polar surface area (TPSA) is 59.4 Å². The molecule has 1 aliphatic rings. The van der Waals surface area contributed by atoms with E-state index in [1.54, 1.807) is 18.3 Å². The van der Waals surface area contributed by atoms with Gasteiger partial charge in [0.15, 0.2) is 5.11 Å². The lowest BCUT2D eigenvalue weighted by Crippen LogP contribution is -2.30. The number of nitrogens with one attached hydrogen (secondary N) is 1. The van der Waals surface area contributed by atoms with Gasteiger partial charge in [0.05, 0.1) is 24.4 Å². The van der Waals surface area contributed by atoms with Crippen molar-refractivity contribution in [2.45, 2.75) is 25.9 Å². The molecule has 1 N–H and O–H groups in total. The third kappa shape index (κ3) is 4.19. The second-order valence-corrected chi connectivity index (χ2v) is 8.99. The highest BCUT2D eigenvalue weighted by Gasteiger charge is 2.42. The molecule has 1 saturated heterocycles. The largest absolute Gasteiger partial charge is 0.465 e. The van der Waals surface area contributed by atoms with Crippen molar-refractivity contribution in [3.8, 4) is 5.69 Å². The lowest BCUT2D eigenvalue weighted by molar-refractivity contribution is 0.0600. The van der Waals surface area contributed by atoms with Crippen LogP contribution in [0.25, 0.3) is 5.69 Å². The van der Waals surface area contributed by atoms with E-state index in [0.29, 0.717) is 10.7 Å². The van der Waals surface area contributed by atoms with Crippen LogP contribution in [-0.2, 0) is 4.74 Å². The van der Waals surface area contributed by atoms with E-state index in [2.05, 4.69) is 57.9 Å². The molecule has 3 heterocycles. The minimum Gasteiger partial charge on any atom is -0.465 e. The van der Waals surface area contributed by atoms with Crippen molar-refractivity contribution in [3.05, 3.63) is 113 Å². The van der Waals surface area contributed by atoms with Crippen LogP contribution in [0.2, 0.25) is 0 Å². The number of carbonyl (C=O) groups is 1. The maximum atomic E-state index is 11.9. The molecule has 6 nitrogen and oxygen atoms in total. The molecule has 2 aromatic heterocycles. The number of aromatic nitrogens is 2. The fourth-order valence-corrected chi connectivity index (χ4v) is 4.90. The molecule has 35 heavy (non-hydrogen) atoms. The van der Waals surface area contributed by atoms with Crippen LogP contribution in [0.3, 0.4) is 0 Å². The van der Waals surface area contributed by atoms with E-state index in [4.69, 9.17) is 17.0 Å². The lowest BCUT2D eigenvalue weighted by Gasteiger charge is -2.29. The minimum atomic E-state index is -0.356. The summed E-state index contributed by atoms with van der Waals surface area (Å²) in [6.45, 7) is 4.22. The average Bonchev–Trinajstić information content (AvgIpc) is 3.50. The first-order valence-electron chi connectivity index (χ1n) is 11.4. The summed E-state index contributed by atoms with van der Waals surface area (Å²) in [4.78, 5) is 18.7. The number of ether oxygens (including phenoxy) is 1. The van der Waals surface area contributed by atoms with Crippen LogP contribution >= 0.6 is 12.2 Å². The van der Waals surface area contributed by atoms with Crippen molar-refractivity contribution in [1.29, 1.82) is 0 Å². The molecule has 2 aromatic carbocycles. The highest BCUT2D eigenvalue weighted by Crippen LogP contribution is 2.42. The molecule has 0 unspecified atom stereocenters. The third-order valence-corrected chi connectivity index (χ3v) is 6.83. The number of aryl methyl sites for hydroxylation is 2. The molecule has 1 fully saturated rings. The van der Waals surface area contributed by atoms with Gasteiger partial charge in [0, 0.05) is 29.5 Å². The second-order valence-electron chi connectivity index (χ2n) is 8.61. The number of anilines is 1. The van der Waals surface area contributed by atoms with Gasteiger partial charge in [-0.15, -0.1) is 0 Å². The van der Waals surface area contributed by atoms with Crippen LogP contribution in [-0.4, -0.2) is 27.7 Å². The van der Waals surface area contributed by atoms with Gasteiger partial charge in [0.25, 0.3) is 0 Å². The summed E-state index contributed by atoms with van der Waals surface area (Å²) in [5, 5.41) is 4.18. The quantitative estimate of drug-likeness (QED) is 0.301. The maximum absolute atomic E-state index is 11.9. The van der Waals surface area contributed by atoms with Crippen molar-refractivity contribution in [2.24, 2.45) is 0 Å². The fraction of sp³-hybridized carbons (Fsp3) is 0.179. The number of hydrogen-bond acceptors (Lipinski definition) is 4. The number of thiocarbonyl (C=S) groups is 1. The Hall–Kier alpha value is -3.97. The number of rotatable bonds is 5. The van der Waals surface area contributed by atoms with E-state index in [0.717, 1.165) is 22.8 Å². The lowest BCUT2D eigenvalue weighted by atomic mass is 10.00. The summed E-state index contributed by atoms with van der Waals surface area (Å²) >= 11 is 5.87. The van der Waals surface area contributed by atoms with Gasteiger partial charge in [-0.3, -0.25) is 4.98 Å². The zero-order valence-electron chi connectivity index (χ0n) is 19.8. The third-order valence-electron chi connectivity index (χ3n) is 6.52. The Balaban J connectivity index is 1.63. The standard InChI is InChI=1S/C28H26N4O2S/c1-18-9-12-22(17-19(18)2)32-26(25(30-28(32)35)23-7-4-5-15-29-23)24-8-6-16-31(24)21-13-10-20(11-14-21)27(33)34-3/h4-17,25-26H,1-3H3,(H,30,35)/t25-,26+/m1/s1. The molecule has 5 rings (SSSR count). The van der Waals surface area contributed by atoms with E-state index in [9.17, 15) is 4.79 Å². The zero-order chi connectivity index (χ0) is 24.5. The summed E-state index contributed by atoms with van der Waals surface area (Å²) in [6.07, 6.45) is 3.83. The summed E-state index contributed by atoms with van der Waals surface area (Å²) in [5.74, 6) is -0.356. The van der Waals surface area contributed by atoms with Crippen molar-refractivity contribution in [3.63, 3.8) is 0 Å². The van der Waals surface area contributed by atoms with Gasteiger partial charge in [-0.05, 0) is 97.9 Å². The summed E-state index contributed by atoms with van der Waals surface area (Å²) in [7, 11) is 1.38. The van der Waals surface area contributed by atoms with E-state index in [1.165, 1.54) is 18.2 Å². The number of esters is 1. The highest BCUT2D eigenvalue weighted by molar-refractivity contribution is 7.80. The molecule has 0 saturated carbocycles. The second kappa shape index (κ2) is 9.35. The van der Waals surface area contributed by atoms with Gasteiger partial charge in [-0.1, -0.05) is 12.1 Å². The van der Waals surface area contributed by atoms with Gasteiger partial charge in [0.2, 0.25) is 0 Å². The first kappa shape index (κ1) is 22.8. The van der Waals surface area contributed by atoms with E-state index in [1.807, 2.05) is 42.6 Å². The minimum absolute atomic E-state index is 0.144. The Morgan fingerprint density at radius 2 is 1.74 bits per heavy atom. The van der Waals surface area contributed by atoms with Gasteiger partial charge in [0.1, 0.15) is 6.04 Å². The Morgan fingerprint density at radius 3 is 2.43 bits per heavy atom. The average molecular weight is 483 g/mol. The number of hydrogen-bond donors (Lipinski definition) is 1. The molecular formula is C28H26N4O2S. The smallest absolute Gasteiger partial charge is 0.337 e. The number of pyridine rings is 1. The molecule has 7 heteroatoms. The van der Waals surface area contributed by atoms with Crippen molar-refractivity contribution < 1.29 is 9.53 Å². The van der Waals surface area contributed by atoms with Crippen molar-refractivity contribution in [2.75, 3.05) is 12.0 Å². The van der Waals surface area contributed by atoms with Crippen LogP contribution in [0.4, 0.5) is 5.69 Å². The highest BCUT2D eigenvalue weighted by atomic mass is 32.1. The van der Waals surface area contributed by atoms with Crippen molar-refractivity contribution >= 4 is 29.0 Å². The first-order valence-corrected chi connectivity index (χ1v) is 11.8. The molecule has 0 spiro atoms. The zero-order valence-corrected chi connectivity index (χ0v) is 20.6. The van der Waals surface area contributed by atoms with Crippen LogP contribution in [0.15, 0.2) is 85.2 Å². The van der Waals surface area contributed by atoms with E-state index < -0.39 is 0 Å². The Kier molecular flexibility index (Phi) is 6.09. The Bertz CT molecular complexity index is 1380. The molecule has 176 valence electrons. The van der Waals surface area contributed by atoms with E-state index >= 15 is 0 Å². The summed E-state index contributed by atoms with van der Waals surface area (Å²) < 4.78 is 6.98.